The Balaban J connectivity index is 1.51. The third-order valence-electron chi connectivity index (χ3n) is 6.46. The molecule has 1 amide bonds. The number of carbonyl (C=O) groups excluding carboxylic acids is 1. The maximum atomic E-state index is 12.9. The van der Waals surface area contributed by atoms with Crippen LogP contribution in [-0.4, -0.2) is 55.4 Å². The molecular formula is C25H34N4O4S. The summed E-state index contributed by atoms with van der Waals surface area (Å²) < 4.78 is 28.4. The molecule has 4 rings (SSSR count). The predicted octanol–water partition coefficient (Wildman–Crippen LogP) is 3.02. The summed E-state index contributed by atoms with van der Waals surface area (Å²) >= 11 is 0. The summed E-state index contributed by atoms with van der Waals surface area (Å²) in [4.78, 5) is 16.0. The van der Waals surface area contributed by atoms with E-state index in [0.29, 0.717) is 24.5 Å². The Labute approximate surface area is 202 Å². The number of amides is 1. The molecule has 8 nitrogen and oxygen atoms in total. The van der Waals surface area contributed by atoms with Gasteiger partial charge in [-0.25, -0.2) is 13.1 Å². The third-order valence-corrected chi connectivity index (χ3v) is 7.88. The minimum atomic E-state index is -3.73. The van der Waals surface area contributed by atoms with Crippen molar-refractivity contribution in [3.05, 3.63) is 53.1 Å². The van der Waals surface area contributed by atoms with Crippen LogP contribution in [0.15, 0.2) is 41.3 Å². The van der Waals surface area contributed by atoms with Crippen molar-refractivity contribution in [3.63, 3.8) is 0 Å². The molecule has 0 aromatic heterocycles. The number of anilines is 1. The first kappa shape index (κ1) is 24.7. The second-order valence-corrected chi connectivity index (χ2v) is 11.0. The number of hydrogen-bond donors (Lipinski definition) is 3. The average Bonchev–Trinajstić information content (AvgIpc) is 3.50. The second kappa shape index (κ2) is 10.9. The highest BCUT2D eigenvalue weighted by molar-refractivity contribution is 7.89. The molecular weight excluding hydrogens is 452 g/mol. The van der Waals surface area contributed by atoms with E-state index in [1.165, 1.54) is 44.7 Å². The lowest BCUT2D eigenvalue weighted by Gasteiger charge is -2.21. The monoisotopic (exact) mass is 486 g/mol. The van der Waals surface area contributed by atoms with Crippen molar-refractivity contribution in [2.75, 3.05) is 31.5 Å². The summed E-state index contributed by atoms with van der Waals surface area (Å²) in [6.07, 6.45) is 4.67. The van der Waals surface area contributed by atoms with Crippen molar-refractivity contribution in [3.8, 4) is 5.75 Å². The standard InChI is InChI=1S/C25H34N4O4S/c1-19(30)27-23-6-8-24(9-7-23)34(32,33)26-16-20-14-21(17-28-10-2-3-11-28)25(31)22(15-20)18-29-12-4-5-13-29/h6-9,14-15,26,31H,2-5,10-13,16-18H2,1H3,(H,27,30). The predicted molar refractivity (Wildman–Crippen MR) is 132 cm³/mol. The molecule has 2 fully saturated rings. The summed E-state index contributed by atoms with van der Waals surface area (Å²) in [6, 6.07) is 9.93. The maximum Gasteiger partial charge on any atom is 0.240 e. The molecule has 2 saturated heterocycles. The Bertz CT molecular complexity index is 1070. The van der Waals surface area contributed by atoms with Crippen LogP contribution in [0, 0.1) is 0 Å². The number of nitrogens with one attached hydrogen (secondary N) is 2. The molecule has 9 heteroatoms. The molecule has 3 N–H and O–H groups in total. The first-order valence-electron chi connectivity index (χ1n) is 12.0. The van der Waals surface area contributed by atoms with Gasteiger partial charge in [-0.1, -0.05) is 0 Å². The number of aromatic hydroxyl groups is 1. The molecule has 0 unspecified atom stereocenters. The summed E-state index contributed by atoms with van der Waals surface area (Å²) in [7, 11) is -3.73. The lowest BCUT2D eigenvalue weighted by Crippen LogP contribution is -2.24. The van der Waals surface area contributed by atoms with Gasteiger partial charge >= 0.3 is 0 Å². The van der Waals surface area contributed by atoms with Gasteiger partial charge < -0.3 is 10.4 Å². The molecule has 0 radical (unpaired) electrons. The Morgan fingerprint density at radius 2 is 1.41 bits per heavy atom. The van der Waals surface area contributed by atoms with Crippen molar-refractivity contribution in [1.82, 2.24) is 14.5 Å². The zero-order valence-electron chi connectivity index (χ0n) is 19.7. The number of sulfonamides is 1. The smallest absolute Gasteiger partial charge is 0.240 e. The number of rotatable bonds is 9. The van der Waals surface area contributed by atoms with Gasteiger partial charge in [0.05, 0.1) is 4.90 Å². The van der Waals surface area contributed by atoms with Gasteiger partial charge in [-0.2, -0.15) is 0 Å². The van der Waals surface area contributed by atoms with E-state index in [0.717, 1.165) is 42.9 Å². The summed E-state index contributed by atoms with van der Waals surface area (Å²) in [5, 5.41) is 13.6. The largest absolute Gasteiger partial charge is 0.507 e. The van der Waals surface area contributed by atoms with Crippen LogP contribution >= 0.6 is 0 Å². The van der Waals surface area contributed by atoms with Gasteiger partial charge in [-0.15, -0.1) is 0 Å². The van der Waals surface area contributed by atoms with E-state index in [1.54, 1.807) is 12.1 Å². The number of nitrogens with zero attached hydrogens (tertiary/aromatic N) is 2. The highest BCUT2D eigenvalue weighted by Crippen LogP contribution is 2.29. The van der Waals surface area contributed by atoms with Crippen LogP contribution in [0.2, 0.25) is 0 Å². The average molecular weight is 487 g/mol. The Kier molecular flexibility index (Phi) is 7.88. The molecule has 2 aliphatic rings. The molecule has 184 valence electrons. The molecule has 2 heterocycles. The van der Waals surface area contributed by atoms with Gasteiger partial charge in [0, 0.05) is 43.4 Å². The van der Waals surface area contributed by atoms with Gasteiger partial charge in [0.25, 0.3) is 0 Å². The van der Waals surface area contributed by atoms with E-state index >= 15 is 0 Å². The molecule has 0 saturated carbocycles. The Morgan fingerprint density at radius 3 is 1.88 bits per heavy atom. The normalized spacial score (nSPS) is 17.3. The van der Waals surface area contributed by atoms with Crippen molar-refractivity contribution < 1.29 is 18.3 Å². The molecule has 0 aliphatic carbocycles. The fourth-order valence-electron chi connectivity index (χ4n) is 4.72. The number of phenols is 1. The van der Waals surface area contributed by atoms with Gasteiger partial charge in [0.15, 0.2) is 0 Å². The van der Waals surface area contributed by atoms with E-state index in [4.69, 9.17) is 0 Å². The van der Waals surface area contributed by atoms with Crippen molar-refractivity contribution in [2.45, 2.75) is 57.1 Å². The third kappa shape index (κ3) is 6.35. The summed E-state index contributed by atoms with van der Waals surface area (Å²) in [5.74, 6) is 0.120. The van der Waals surface area contributed by atoms with E-state index in [9.17, 15) is 18.3 Å². The number of benzene rings is 2. The van der Waals surface area contributed by atoms with Gasteiger partial charge in [-0.05, 0) is 93.8 Å². The maximum absolute atomic E-state index is 12.9. The first-order valence-corrected chi connectivity index (χ1v) is 13.4. The van der Waals surface area contributed by atoms with Crippen LogP contribution in [0.1, 0.15) is 49.3 Å². The lowest BCUT2D eigenvalue weighted by atomic mass is 10.0. The fraction of sp³-hybridized carbons (Fsp3) is 0.480. The summed E-state index contributed by atoms with van der Waals surface area (Å²) in [6.45, 7) is 6.96. The van der Waals surface area contributed by atoms with E-state index in [1.807, 2.05) is 12.1 Å². The SMILES string of the molecule is CC(=O)Nc1ccc(S(=O)(=O)NCc2cc(CN3CCCC3)c(O)c(CN3CCCC3)c2)cc1. The van der Waals surface area contributed by atoms with E-state index in [-0.39, 0.29) is 17.3 Å². The van der Waals surface area contributed by atoms with E-state index in [2.05, 4.69) is 19.8 Å². The highest BCUT2D eigenvalue weighted by Gasteiger charge is 2.20. The quantitative estimate of drug-likeness (QED) is 0.504. The fourth-order valence-corrected chi connectivity index (χ4v) is 5.74. The first-order chi connectivity index (χ1) is 16.3. The van der Waals surface area contributed by atoms with Crippen LogP contribution < -0.4 is 10.0 Å². The van der Waals surface area contributed by atoms with Crippen LogP contribution in [-0.2, 0) is 34.5 Å². The molecule has 0 spiro atoms. The molecule has 2 aromatic rings. The minimum Gasteiger partial charge on any atom is -0.507 e. The minimum absolute atomic E-state index is 0.134. The van der Waals surface area contributed by atoms with Gasteiger partial charge in [0.1, 0.15) is 5.75 Å². The number of phenolic OH excluding ortho intramolecular Hbond substituents is 1. The van der Waals surface area contributed by atoms with Crippen molar-refractivity contribution in [2.24, 2.45) is 0 Å². The lowest BCUT2D eigenvalue weighted by molar-refractivity contribution is -0.114. The zero-order chi connectivity index (χ0) is 24.1. The van der Waals surface area contributed by atoms with Gasteiger partial charge in [-0.3, -0.25) is 14.6 Å². The number of hydrogen-bond acceptors (Lipinski definition) is 6. The van der Waals surface area contributed by atoms with Crippen LogP contribution in [0.5, 0.6) is 5.75 Å². The Morgan fingerprint density at radius 1 is 0.912 bits per heavy atom. The molecule has 0 atom stereocenters. The van der Waals surface area contributed by atoms with Crippen LogP contribution in [0.3, 0.4) is 0 Å². The zero-order valence-corrected chi connectivity index (χ0v) is 20.5. The number of likely N-dealkylation sites (tertiary alicyclic amines) is 2. The van der Waals surface area contributed by atoms with Crippen molar-refractivity contribution >= 4 is 21.6 Å². The molecule has 0 bridgehead atoms. The van der Waals surface area contributed by atoms with Crippen LogP contribution in [0.25, 0.3) is 0 Å². The van der Waals surface area contributed by atoms with Crippen LogP contribution in [0.4, 0.5) is 5.69 Å². The van der Waals surface area contributed by atoms with Gasteiger partial charge in [0.2, 0.25) is 15.9 Å². The highest BCUT2D eigenvalue weighted by atomic mass is 32.2. The van der Waals surface area contributed by atoms with Crippen molar-refractivity contribution in [1.29, 1.82) is 0 Å². The summed E-state index contributed by atoms with van der Waals surface area (Å²) in [5.41, 5.74) is 3.09. The second-order valence-electron chi connectivity index (χ2n) is 9.26. The Hall–Kier alpha value is -2.46. The molecule has 2 aliphatic heterocycles. The topological polar surface area (TPSA) is 102 Å². The molecule has 2 aromatic carbocycles. The number of carbonyl (C=O) groups is 1. The molecule has 34 heavy (non-hydrogen) atoms. The van der Waals surface area contributed by atoms with E-state index < -0.39 is 10.0 Å².